The molecule has 0 bridgehead atoms. The molecule has 9 heteroatoms. The molecule has 3 amide bonds. The Morgan fingerprint density at radius 3 is 2.23 bits per heavy atom. The fourth-order valence-corrected chi connectivity index (χ4v) is 3.41. The summed E-state index contributed by atoms with van der Waals surface area (Å²) in [6.07, 6.45) is 0. The van der Waals surface area contributed by atoms with Crippen LogP contribution in [0.25, 0.3) is 11.1 Å². The summed E-state index contributed by atoms with van der Waals surface area (Å²) >= 11 is 0. The summed E-state index contributed by atoms with van der Waals surface area (Å²) in [5, 5.41) is 11.1. The van der Waals surface area contributed by atoms with Gasteiger partial charge in [0.1, 0.15) is 5.82 Å². The van der Waals surface area contributed by atoms with Crippen molar-refractivity contribution >= 4 is 35.2 Å². The Kier molecular flexibility index (Phi) is 6.96. The fourth-order valence-electron chi connectivity index (χ4n) is 3.41. The Morgan fingerprint density at radius 2 is 1.46 bits per heavy atom. The normalized spacial score (nSPS) is 10.4. The summed E-state index contributed by atoms with van der Waals surface area (Å²) in [6, 6.07) is 22.2. The number of nitrogens with one attached hydrogen (secondary N) is 4. The molecule has 3 aromatic carbocycles. The molecule has 1 heterocycles. The van der Waals surface area contributed by atoms with Gasteiger partial charge in [-0.25, -0.2) is 4.79 Å². The fraction of sp³-hybridized carbons (Fsp3) is 0.115. The standard InChI is InChI=1S/C26H25N7O2/c1-16-12-13-20(15-22(16)31-26(35)33-25-29-17(2)28-24(27-3)32-25)23(34)30-21-11-7-10-19(14-21)18-8-5-4-6-9-18/h4-15H,1-3H3,(H,30,34)(H3,27,28,29,31,32,33,35). The van der Waals surface area contributed by atoms with Gasteiger partial charge in [-0.05, 0) is 54.8 Å². The summed E-state index contributed by atoms with van der Waals surface area (Å²) in [5.74, 6) is 0.638. The third kappa shape index (κ3) is 5.97. The smallest absolute Gasteiger partial charge is 0.326 e. The molecule has 0 unspecified atom stereocenters. The highest BCUT2D eigenvalue weighted by atomic mass is 16.2. The third-order valence-electron chi connectivity index (χ3n) is 5.17. The summed E-state index contributed by atoms with van der Waals surface area (Å²) in [5.41, 5.74) is 4.44. The minimum absolute atomic E-state index is 0.115. The monoisotopic (exact) mass is 467 g/mol. The van der Waals surface area contributed by atoms with Crippen LogP contribution in [-0.2, 0) is 0 Å². The first-order valence-corrected chi connectivity index (χ1v) is 11.0. The molecule has 4 aromatic rings. The largest absolute Gasteiger partial charge is 0.357 e. The Balaban J connectivity index is 1.47. The first-order valence-electron chi connectivity index (χ1n) is 11.0. The molecule has 4 N–H and O–H groups in total. The number of carbonyl (C=O) groups excluding carboxylic acids is 2. The van der Waals surface area contributed by atoms with Crippen molar-refractivity contribution in [2.45, 2.75) is 13.8 Å². The molecule has 9 nitrogen and oxygen atoms in total. The third-order valence-corrected chi connectivity index (χ3v) is 5.17. The Morgan fingerprint density at radius 1 is 0.714 bits per heavy atom. The number of urea groups is 1. The summed E-state index contributed by atoms with van der Waals surface area (Å²) in [7, 11) is 1.68. The molecule has 4 rings (SSSR count). The number of aryl methyl sites for hydroxylation is 2. The Hall–Kier alpha value is -4.79. The number of nitrogens with zero attached hydrogens (tertiary/aromatic N) is 3. The number of aromatic nitrogens is 3. The van der Waals surface area contributed by atoms with Crippen LogP contribution in [0.15, 0.2) is 72.8 Å². The van der Waals surface area contributed by atoms with Gasteiger partial charge in [-0.2, -0.15) is 15.0 Å². The van der Waals surface area contributed by atoms with Crippen LogP contribution in [0.2, 0.25) is 0 Å². The average molecular weight is 468 g/mol. The topological polar surface area (TPSA) is 121 Å². The quantitative estimate of drug-likeness (QED) is 0.313. The van der Waals surface area contributed by atoms with Crippen LogP contribution in [0.1, 0.15) is 21.7 Å². The molecule has 0 atom stereocenters. The molecule has 1 aromatic heterocycles. The second kappa shape index (κ2) is 10.4. The Bertz CT molecular complexity index is 1370. The maximum atomic E-state index is 12.9. The van der Waals surface area contributed by atoms with Gasteiger partial charge in [0.25, 0.3) is 5.91 Å². The van der Waals surface area contributed by atoms with Crippen LogP contribution in [0.5, 0.6) is 0 Å². The van der Waals surface area contributed by atoms with Crippen molar-refractivity contribution in [3.8, 4) is 11.1 Å². The minimum Gasteiger partial charge on any atom is -0.357 e. The van der Waals surface area contributed by atoms with E-state index in [1.54, 1.807) is 32.2 Å². The molecule has 35 heavy (non-hydrogen) atoms. The van der Waals surface area contributed by atoms with E-state index in [1.807, 2.05) is 61.5 Å². The van der Waals surface area contributed by atoms with E-state index >= 15 is 0 Å². The van der Waals surface area contributed by atoms with Crippen LogP contribution in [0.3, 0.4) is 0 Å². The molecule has 0 saturated heterocycles. The number of rotatable bonds is 6. The van der Waals surface area contributed by atoms with Gasteiger partial charge in [0.15, 0.2) is 0 Å². The highest BCUT2D eigenvalue weighted by Crippen LogP contribution is 2.23. The lowest BCUT2D eigenvalue weighted by Crippen LogP contribution is -2.22. The molecule has 0 aliphatic carbocycles. The number of carbonyl (C=O) groups is 2. The first-order chi connectivity index (χ1) is 16.9. The van der Waals surface area contributed by atoms with Gasteiger partial charge >= 0.3 is 6.03 Å². The van der Waals surface area contributed by atoms with Crippen molar-refractivity contribution in [2.75, 3.05) is 28.3 Å². The molecular formula is C26H25N7O2. The number of hydrogen-bond acceptors (Lipinski definition) is 6. The highest BCUT2D eigenvalue weighted by Gasteiger charge is 2.13. The van der Waals surface area contributed by atoms with Gasteiger partial charge in [-0.1, -0.05) is 48.5 Å². The van der Waals surface area contributed by atoms with Gasteiger partial charge in [-0.15, -0.1) is 0 Å². The zero-order chi connectivity index (χ0) is 24.8. The van der Waals surface area contributed by atoms with E-state index in [0.717, 1.165) is 16.7 Å². The first kappa shape index (κ1) is 23.4. The van der Waals surface area contributed by atoms with Crippen molar-refractivity contribution in [1.82, 2.24) is 15.0 Å². The molecule has 0 aliphatic rings. The molecular weight excluding hydrogens is 442 g/mol. The van der Waals surface area contributed by atoms with Crippen LogP contribution in [-0.4, -0.2) is 33.9 Å². The summed E-state index contributed by atoms with van der Waals surface area (Å²) in [6.45, 7) is 3.54. The number of amides is 3. The van der Waals surface area contributed by atoms with Gasteiger partial charge in [0.2, 0.25) is 11.9 Å². The lowest BCUT2D eigenvalue weighted by Gasteiger charge is -2.12. The minimum atomic E-state index is -0.533. The van der Waals surface area contributed by atoms with Crippen LogP contribution >= 0.6 is 0 Å². The maximum Gasteiger partial charge on any atom is 0.326 e. The van der Waals surface area contributed by atoms with E-state index in [0.29, 0.717) is 28.7 Å². The van der Waals surface area contributed by atoms with E-state index in [9.17, 15) is 9.59 Å². The number of benzene rings is 3. The molecule has 0 aliphatic heterocycles. The Labute approximate surface area is 203 Å². The summed E-state index contributed by atoms with van der Waals surface area (Å²) in [4.78, 5) is 37.8. The average Bonchev–Trinajstić information content (AvgIpc) is 2.85. The second-order valence-corrected chi connectivity index (χ2v) is 7.79. The van der Waals surface area contributed by atoms with Gasteiger partial charge in [0, 0.05) is 24.0 Å². The van der Waals surface area contributed by atoms with Gasteiger partial charge in [-0.3, -0.25) is 10.1 Å². The SMILES string of the molecule is CNc1nc(C)nc(NC(=O)Nc2cc(C(=O)Nc3cccc(-c4ccccc4)c3)ccc2C)n1. The predicted octanol–water partition coefficient (Wildman–Crippen LogP) is 5.09. The van der Waals surface area contributed by atoms with Crippen molar-refractivity contribution in [3.05, 3.63) is 89.7 Å². The van der Waals surface area contributed by atoms with E-state index in [4.69, 9.17) is 0 Å². The van der Waals surface area contributed by atoms with E-state index in [1.165, 1.54) is 0 Å². The molecule has 0 radical (unpaired) electrons. The van der Waals surface area contributed by atoms with Crippen LogP contribution < -0.4 is 21.3 Å². The van der Waals surface area contributed by atoms with Crippen molar-refractivity contribution < 1.29 is 9.59 Å². The zero-order valence-electron chi connectivity index (χ0n) is 19.6. The van der Waals surface area contributed by atoms with Gasteiger partial charge in [0.05, 0.1) is 0 Å². The molecule has 0 fully saturated rings. The lowest BCUT2D eigenvalue weighted by molar-refractivity contribution is 0.102. The second-order valence-electron chi connectivity index (χ2n) is 7.79. The molecule has 0 saturated carbocycles. The number of anilines is 4. The van der Waals surface area contributed by atoms with Crippen molar-refractivity contribution in [2.24, 2.45) is 0 Å². The zero-order valence-corrected chi connectivity index (χ0v) is 19.6. The highest BCUT2D eigenvalue weighted by molar-refractivity contribution is 6.06. The lowest BCUT2D eigenvalue weighted by atomic mass is 10.0. The van der Waals surface area contributed by atoms with E-state index < -0.39 is 6.03 Å². The molecule has 176 valence electrons. The van der Waals surface area contributed by atoms with Crippen molar-refractivity contribution in [3.63, 3.8) is 0 Å². The summed E-state index contributed by atoms with van der Waals surface area (Å²) < 4.78 is 0. The predicted molar refractivity (Wildman–Crippen MR) is 138 cm³/mol. The van der Waals surface area contributed by atoms with Crippen LogP contribution in [0.4, 0.5) is 28.1 Å². The van der Waals surface area contributed by atoms with E-state index in [2.05, 4.69) is 36.2 Å². The maximum absolute atomic E-state index is 12.9. The van der Waals surface area contributed by atoms with Crippen molar-refractivity contribution in [1.29, 1.82) is 0 Å². The van der Waals surface area contributed by atoms with Crippen LogP contribution in [0, 0.1) is 13.8 Å². The van der Waals surface area contributed by atoms with E-state index in [-0.39, 0.29) is 11.9 Å². The molecule has 0 spiro atoms. The van der Waals surface area contributed by atoms with Gasteiger partial charge < -0.3 is 16.0 Å². The number of hydrogen-bond donors (Lipinski definition) is 4.